The van der Waals surface area contributed by atoms with Crippen LogP contribution >= 0.6 is 0 Å². The van der Waals surface area contributed by atoms with E-state index < -0.39 is 16.1 Å². The van der Waals surface area contributed by atoms with E-state index in [0.717, 1.165) is 0 Å². The van der Waals surface area contributed by atoms with Crippen molar-refractivity contribution in [2.75, 3.05) is 18.5 Å². The van der Waals surface area contributed by atoms with Gasteiger partial charge in [-0.2, -0.15) is 4.31 Å². The van der Waals surface area contributed by atoms with Crippen molar-refractivity contribution in [1.82, 2.24) is 14.6 Å². The molecule has 1 saturated heterocycles. The Morgan fingerprint density at radius 1 is 1.55 bits per heavy atom. The highest BCUT2D eigenvalue weighted by atomic mass is 32.2. The molecule has 2 heterocycles. The lowest BCUT2D eigenvalue weighted by Crippen LogP contribution is -2.56. The van der Waals surface area contributed by atoms with Gasteiger partial charge in [-0.25, -0.2) is 19.2 Å². The summed E-state index contributed by atoms with van der Waals surface area (Å²) in [5.74, 6) is 5.29. The minimum Gasteiger partial charge on any atom is -0.353 e. The Hall–Kier alpha value is -1.71. The number of hydrazine groups is 1. The molecule has 0 spiro atoms. The SMILES string of the molecule is CCC1C(=O)NCCN1S(=O)(=O)c1ccc(NN)nc1. The van der Waals surface area contributed by atoms with Gasteiger partial charge in [0.25, 0.3) is 0 Å². The molecule has 0 aliphatic carbocycles. The lowest BCUT2D eigenvalue weighted by molar-refractivity contribution is -0.126. The first-order valence-corrected chi connectivity index (χ1v) is 7.67. The Bertz CT molecular complexity index is 587. The van der Waals surface area contributed by atoms with Gasteiger partial charge in [-0.05, 0) is 18.6 Å². The van der Waals surface area contributed by atoms with E-state index in [-0.39, 0.29) is 17.3 Å². The number of amides is 1. The molecule has 1 amide bonds. The lowest BCUT2D eigenvalue weighted by Gasteiger charge is -2.33. The molecule has 9 heteroatoms. The smallest absolute Gasteiger partial charge is 0.245 e. The number of nitrogens with zero attached hydrogens (tertiary/aromatic N) is 2. The molecule has 0 bridgehead atoms. The van der Waals surface area contributed by atoms with Crippen LogP contribution < -0.4 is 16.6 Å². The lowest BCUT2D eigenvalue weighted by atomic mass is 10.2. The molecule has 110 valence electrons. The number of nitrogen functional groups attached to an aromatic ring is 1. The molecule has 0 aromatic carbocycles. The molecule has 8 nitrogen and oxygen atoms in total. The number of carbonyl (C=O) groups is 1. The predicted molar refractivity (Wildman–Crippen MR) is 73.0 cm³/mol. The van der Waals surface area contributed by atoms with E-state index in [0.29, 0.717) is 18.8 Å². The van der Waals surface area contributed by atoms with Gasteiger partial charge < -0.3 is 10.7 Å². The van der Waals surface area contributed by atoms with Crippen LogP contribution in [-0.4, -0.2) is 42.7 Å². The van der Waals surface area contributed by atoms with E-state index in [9.17, 15) is 13.2 Å². The van der Waals surface area contributed by atoms with Gasteiger partial charge in [0.2, 0.25) is 15.9 Å². The first kappa shape index (κ1) is 14.7. The molecule has 1 aliphatic rings. The molecular formula is C11H17N5O3S. The standard InChI is InChI=1S/C11H17N5O3S/c1-2-9-11(17)13-5-6-16(9)20(18,19)8-3-4-10(15-12)14-7-8/h3-4,7,9H,2,5-6,12H2,1H3,(H,13,17)(H,14,15). The average Bonchev–Trinajstić information content (AvgIpc) is 2.47. The second-order valence-corrected chi connectivity index (χ2v) is 6.24. The Kier molecular flexibility index (Phi) is 4.21. The second kappa shape index (κ2) is 5.73. The zero-order valence-electron chi connectivity index (χ0n) is 11.0. The van der Waals surface area contributed by atoms with Crippen molar-refractivity contribution in [3.63, 3.8) is 0 Å². The van der Waals surface area contributed by atoms with Crippen LogP contribution in [0.3, 0.4) is 0 Å². The molecule has 1 atom stereocenters. The van der Waals surface area contributed by atoms with Crippen molar-refractivity contribution in [3.05, 3.63) is 18.3 Å². The average molecular weight is 299 g/mol. The van der Waals surface area contributed by atoms with Gasteiger partial charge in [0.1, 0.15) is 16.8 Å². The number of pyridine rings is 1. The number of nitrogens with two attached hydrogens (primary N) is 1. The van der Waals surface area contributed by atoms with Gasteiger partial charge in [-0.3, -0.25) is 4.79 Å². The number of anilines is 1. The van der Waals surface area contributed by atoms with Crippen LogP contribution in [0.15, 0.2) is 23.2 Å². The minimum atomic E-state index is -3.74. The Labute approximate surface area is 117 Å². The largest absolute Gasteiger partial charge is 0.353 e. The number of hydrogen-bond donors (Lipinski definition) is 3. The maximum atomic E-state index is 12.6. The Balaban J connectivity index is 2.34. The summed E-state index contributed by atoms with van der Waals surface area (Å²) in [6, 6.07) is 2.20. The van der Waals surface area contributed by atoms with Gasteiger partial charge in [0.15, 0.2) is 0 Å². The third-order valence-electron chi connectivity index (χ3n) is 3.16. The van der Waals surface area contributed by atoms with Crippen molar-refractivity contribution >= 4 is 21.7 Å². The van der Waals surface area contributed by atoms with Crippen LogP contribution in [0.25, 0.3) is 0 Å². The monoisotopic (exact) mass is 299 g/mol. The molecule has 1 aromatic rings. The maximum absolute atomic E-state index is 12.6. The number of hydrogen-bond acceptors (Lipinski definition) is 6. The minimum absolute atomic E-state index is 0.0460. The molecule has 1 aliphatic heterocycles. The normalized spacial score (nSPS) is 20.5. The molecule has 20 heavy (non-hydrogen) atoms. The highest BCUT2D eigenvalue weighted by Crippen LogP contribution is 2.21. The number of piperazine rings is 1. The second-order valence-electron chi connectivity index (χ2n) is 4.35. The van der Waals surface area contributed by atoms with Gasteiger partial charge in [0.05, 0.1) is 0 Å². The fraction of sp³-hybridized carbons (Fsp3) is 0.455. The topological polar surface area (TPSA) is 117 Å². The Morgan fingerprint density at radius 3 is 2.85 bits per heavy atom. The van der Waals surface area contributed by atoms with Crippen molar-refractivity contribution in [1.29, 1.82) is 0 Å². The van der Waals surface area contributed by atoms with E-state index in [1.807, 2.05) is 0 Å². The van der Waals surface area contributed by atoms with E-state index in [4.69, 9.17) is 5.84 Å². The summed E-state index contributed by atoms with van der Waals surface area (Å²) in [4.78, 5) is 15.7. The van der Waals surface area contributed by atoms with Gasteiger partial charge in [-0.15, -0.1) is 0 Å². The van der Waals surface area contributed by atoms with E-state index in [2.05, 4.69) is 15.7 Å². The summed E-state index contributed by atoms with van der Waals surface area (Å²) in [7, 11) is -3.74. The highest BCUT2D eigenvalue weighted by Gasteiger charge is 2.37. The molecule has 4 N–H and O–H groups in total. The molecular weight excluding hydrogens is 282 g/mol. The van der Waals surface area contributed by atoms with Crippen LogP contribution in [0.5, 0.6) is 0 Å². The summed E-state index contributed by atoms with van der Waals surface area (Å²) < 4.78 is 26.3. The number of sulfonamides is 1. The van der Waals surface area contributed by atoms with Gasteiger partial charge in [-0.1, -0.05) is 6.92 Å². The first-order valence-electron chi connectivity index (χ1n) is 6.23. The summed E-state index contributed by atoms with van der Waals surface area (Å²) in [6.07, 6.45) is 1.64. The predicted octanol–water partition coefficient (Wildman–Crippen LogP) is -0.734. The van der Waals surface area contributed by atoms with Crippen molar-refractivity contribution in [3.8, 4) is 0 Å². The van der Waals surface area contributed by atoms with Crippen molar-refractivity contribution < 1.29 is 13.2 Å². The highest BCUT2D eigenvalue weighted by molar-refractivity contribution is 7.89. The zero-order valence-corrected chi connectivity index (χ0v) is 11.9. The quantitative estimate of drug-likeness (QED) is 0.498. The third-order valence-corrected chi connectivity index (χ3v) is 5.05. The molecule has 0 radical (unpaired) electrons. The fourth-order valence-corrected chi connectivity index (χ4v) is 3.73. The fourth-order valence-electron chi connectivity index (χ4n) is 2.12. The molecule has 2 rings (SSSR count). The van der Waals surface area contributed by atoms with Crippen LogP contribution in [-0.2, 0) is 14.8 Å². The summed E-state index contributed by atoms with van der Waals surface area (Å²) in [5, 5.41) is 2.67. The van der Waals surface area contributed by atoms with Crippen LogP contribution in [0.1, 0.15) is 13.3 Å². The summed E-state index contributed by atoms with van der Waals surface area (Å²) >= 11 is 0. The summed E-state index contributed by atoms with van der Waals surface area (Å²) in [5.41, 5.74) is 2.33. The van der Waals surface area contributed by atoms with Crippen LogP contribution in [0.4, 0.5) is 5.82 Å². The van der Waals surface area contributed by atoms with E-state index >= 15 is 0 Å². The van der Waals surface area contributed by atoms with Gasteiger partial charge in [0, 0.05) is 19.3 Å². The number of nitrogens with one attached hydrogen (secondary N) is 2. The molecule has 1 aromatic heterocycles. The van der Waals surface area contributed by atoms with Crippen molar-refractivity contribution in [2.24, 2.45) is 5.84 Å². The van der Waals surface area contributed by atoms with E-state index in [1.54, 1.807) is 6.92 Å². The number of aromatic nitrogens is 1. The molecule has 1 fully saturated rings. The molecule has 1 unspecified atom stereocenters. The number of rotatable bonds is 4. The third kappa shape index (κ3) is 2.60. The van der Waals surface area contributed by atoms with E-state index in [1.165, 1.54) is 22.6 Å². The van der Waals surface area contributed by atoms with Crippen LogP contribution in [0.2, 0.25) is 0 Å². The Morgan fingerprint density at radius 2 is 2.30 bits per heavy atom. The van der Waals surface area contributed by atoms with Gasteiger partial charge >= 0.3 is 0 Å². The first-order chi connectivity index (χ1) is 9.50. The van der Waals surface area contributed by atoms with Crippen molar-refractivity contribution in [2.45, 2.75) is 24.3 Å². The molecule has 0 saturated carbocycles. The zero-order chi connectivity index (χ0) is 14.8. The number of carbonyl (C=O) groups excluding carboxylic acids is 1. The summed E-state index contributed by atoms with van der Waals surface area (Å²) in [6.45, 7) is 2.34. The maximum Gasteiger partial charge on any atom is 0.245 e. The van der Waals surface area contributed by atoms with Crippen LogP contribution in [0, 0.1) is 0 Å².